The van der Waals surface area contributed by atoms with Crippen molar-refractivity contribution < 1.29 is 23.1 Å². The Hall–Kier alpha value is -2.29. The van der Waals surface area contributed by atoms with E-state index in [-0.39, 0.29) is 25.2 Å². The molecular formula is C16H17F2NO3. The Bertz CT molecular complexity index is 552. The molecule has 0 heterocycles. The molecule has 0 aromatic heterocycles. The van der Waals surface area contributed by atoms with E-state index in [1.807, 2.05) is 0 Å². The van der Waals surface area contributed by atoms with Crippen molar-refractivity contribution in [2.24, 2.45) is 5.92 Å². The summed E-state index contributed by atoms with van der Waals surface area (Å²) in [5.41, 5.74) is 0.469. The predicted molar refractivity (Wildman–Crippen MR) is 75.3 cm³/mol. The van der Waals surface area contributed by atoms with E-state index in [1.165, 1.54) is 6.92 Å². The lowest BCUT2D eigenvalue weighted by atomic mass is 9.94. The fourth-order valence-corrected chi connectivity index (χ4v) is 1.92. The highest BCUT2D eigenvalue weighted by Gasteiger charge is 2.42. The molecule has 0 aliphatic carbocycles. The van der Waals surface area contributed by atoms with Gasteiger partial charge in [0.15, 0.2) is 5.78 Å². The van der Waals surface area contributed by atoms with Gasteiger partial charge in [0.2, 0.25) is 0 Å². The van der Waals surface area contributed by atoms with Crippen LogP contribution in [0.2, 0.25) is 0 Å². The lowest BCUT2D eigenvalue weighted by Gasteiger charge is -2.17. The number of nitrogens with zero attached hydrogens (tertiary/aromatic N) is 1. The fourth-order valence-electron chi connectivity index (χ4n) is 1.92. The quantitative estimate of drug-likeness (QED) is 0.545. The van der Waals surface area contributed by atoms with Crippen LogP contribution >= 0.6 is 0 Å². The second-order valence-corrected chi connectivity index (χ2v) is 4.78. The SMILES string of the molecule is CCOC(=O)C(F)(F)CC(C#N)CCC(=O)c1ccccc1. The minimum absolute atomic E-state index is 0.0266. The van der Waals surface area contributed by atoms with Crippen molar-refractivity contribution in [2.45, 2.75) is 32.1 Å². The van der Waals surface area contributed by atoms with E-state index in [1.54, 1.807) is 36.4 Å². The summed E-state index contributed by atoms with van der Waals surface area (Å²) in [4.78, 5) is 23.0. The summed E-state index contributed by atoms with van der Waals surface area (Å²) in [6.07, 6.45) is -0.995. The number of esters is 1. The van der Waals surface area contributed by atoms with Crippen LogP contribution in [0.4, 0.5) is 8.78 Å². The van der Waals surface area contributed by atoms with E-state index < -0.39 is 24.2 Å². The molecule has 1 aromatic rings. The minimum atomic E-state index is -3.72. The maximum Gasteiger partial charge on any atom is 0.377 e. The average Bonchev–Trinajstić information content (AvgIpc) is 2.52. The second-order valence-electron chi connectivity index (χ2n) is 4.78. The van der Waals surface area contributed by atoms with Gasteiger partial charge in [0.1, 0.15) is 0 Å². The van der Waals surface area contributed by atoms with Crippen molar-refractivity contribution in [3.63, 3.8) is 0 Å². The standard InChI is InChI=1S/C16H17F2NO3/c1-2-22-15(21)16(17,18)10-12(11-19)8-9-14(20)13-6-4-3-5-7-13/h3-7,12H,2,8-10H2,1H3. The molecule has 1 rings (SSSR count). The number of ketones is 1. The average molecular weight is 309 g/mol. The van der Waals surface area contributed by atoms with Crippen LogP contribution in [0.3, 0.4) is 0 Å². The summed E-state index contributed by atoms with van der Waals surface area (Å²) in [5, 5.41) is 8.94. The fraction of sp³-hybridized carbons (Fsp3) is 0.438. The molecule has 1 aromatic carbocycles. The second kappa shape index (κ2) is 8.23. The molecule has 118 valence electrons. The van der Waals surface area contributed by atoms with Gasteiger partial charge in [0, 0.05) is 18.4 Å². The summed E-state index contributed by atoms with van der Waals surface area (Å²) in [5.74, 6) is -6.66. The summed E-state index contributed by atoms with van der Waals surface area (Å²) in [6.45, 7) is 1.27. The summed E-state index contributed by atoms with van der Waals surface area (Å²) in [7, 11) is 0. The Balaban J connectivity index is 2.57. The Morgan fingerprint density at radius 3 is 2.50 bits per heavy atom. The third-order valence-electron chi connectivity index (χ3n) is 3.08. The van der Waals surface area contributed by atoms with Crippen LogP contribution in [0, 0.1) is 17.2 Å². The molecule has 0 amide bonds. The van der Waals surface area contributed by atoms with Crippen LogP contribution in [0.5, 0.6) is 0 Å². The molecule has 0 radical (unpaired) electrons. The first-order valence-electron chi connectivity index (χ1n) is 6.93. The molecule has 0 aliphatic rings. The summed E-state index contributed by atoms with van der Waals surface area (Å²) in [6, 6.07) is 10.1. The van der Waals surface area contributed by atoms with Gasteiger partial charge < -0.3 is 4.74 Å². The van der Waals surface area contributed by atoms with Crippen molar-refractivity contribution >= 4 is 11.8 Å². The monoisotopic (exact) mass is 309 g/mol. The van der Waals surface area contributed by atoms with E-state index in [2.05, 4.69) is 4.74 Å². The molecule has 6 heteroatoms. The first kappa shape index (κ1) is 17.8. The van der Waals surface area contributed by atoms with Gasteiger partial charge in [-0.15, -0.1) is 0 Å². The number of Topliss-reactive ketones (excluding diaryl/α,β-unsaturated/α-hetero) is 1. The van der Waals surface area contributed by atoms with Crippen molar-refractivity contribution in [2.75, 3.05) is 6.61 Å². The molecule has 0 aliphatic heterocycles. The molecule has 1 unspecified atom stereocenters. The van der Waals surface area contributed by atoms with E-state index >= 15 is 0 Å². The van der Waals surface area contributed by atoms with Crippen LogP contribution < -0.4 is 0 Å². The molecule has 0 saturated carbocycles. The van der Waals surface area contributed by atoms with Crippen LogP contribution in [0.25, 0.3) is 0 Å². The van der Waals surface area contributed by atoms with Crippen LogP contribution in [-0.4, -0.2) is 24.3 Å². The van der Waals surface area contributed by atoms with Crippen molar-refractivity contribution in [1.82, 2.24) is 0 Å². The normalized spacial score (nSPS) is 12.3. The molecule has 22 heavy (non-hydrogen) atoms. The van der Waals surface area contributed by atoms with Crippen LogP contribution in [0.15, 0.2) is 30.3 Å². The molecular weight excluding hydrogens is 292 g/mol. The van der Waals surface area contributed by atoms with Gasteiger partial charge in [-0.3, -0.25) is 4.79 Å². The van der Waals surface area contributed by atoms with E-state index in [4.69, 9.17) is 5.26 Å². The van der Waals surface area contributed by atoms with E-state index in [0.717, 1.165) is 0 Å². The molecule has 0 fully saturated rings. The van der Waals surface area contributed by atoms with Crippen molar-refractivity contribution in [3.05, 3.63) is 35.9 Å². The third-order valence-corrected chi connectivity index (χ3v) is 3.08. The molecule has 0 saturated heterocycles. The molecule has 0 bridgehead atoms. The smallest absolute Gasteiger partial charge is 0.377 e. The number of alkyl halides is 2. The molecule has 0 spiro atoms. The number of nitriles is 1. The Labute approximate surface area is 127 Å². The minimum Gasteiger partial charge on any atom is -0.462 e. The zero-order valence-corrected chi connectivity index (χ0v) is 12.2. The highest BCUT2D eigenvalue weighted by Crippen LogP contribution is 2.27. The maximum atomic E-state index is 13.6. The number of ether oxygens (including phenoxy) is 1. The zero-order chi connectivity index (χ0) is 16.6. The number of rotatable bonds is 8. The number of hydrogen-bond donors (Lipinski definition) is 0. The van der Waals surface area contributed by atoms with Gasteiger partial charge in [-0.2, -0.15) is 14.0 Å². The lowest BCUT2D eigenvalue weighted by molar-refractivity contribution is -0.173. The number of benzene rings is 1. The number of carbonyl (C=O) groups is 2. The summed E-state index contributed by atoms with van der Waals surface area (Å²) < 4.78 is 31.4. The number of halogens is 2. The highest BCUT2D eigenvalue weighted by molar-refractivity contribution is 5.95. The number of hydrogen-bond acceptors (Lipinski definition) is 4. The van der Waals surface area contributed by atoms with E-state index in [0.29, 0.717) is 5.56 Å². The zero-order valence-electron chi connectivity index (χ0n) is 12.2. The largest absolute Gasteiger partial charge is 0.462 e. The third kappa shape index (κ3) is 5.24. The first-order valence-corrected chi connectivity index (χ1v) is 6.93. The van der Waals surface area contributed by atoms with Gasteiger partial charge in [0.25, 0.3) is 0 Å². The Morgan fingerprint density at radius 1 is 1.32 bits per heavy atom. The lowest BCUT2D eigenvalue weighted by Crippen LogP contribution is -2.33. The Kier molecular flexibility index (Phi) is 6.64. The van der Waals surface area contributed by atoms with Gasteiger partial charge in [0.05, 0.1) is 18.6 Å². The first-order chi connectivity index (χ1) is 10.4. The van der Waals surface area contributed by atoms with Gasteiger partial charge >= 0.3 is 11.9 Å². The van der Waals surface area contributed by atoms with Crippen molar-refractivity contribution in [3.8, 4) is 6.07 Å². The molecule has 0 N–H and O–H groups in total. The highest BCUT2D eigenvalue weighted by atomic mass is 19.3. The Morgan fingerprint density at radius 2 is 1.95 bits per heavy atom. The van der Waals surface area contributed by atoms with E-state index in [9.17, 15) is 18.4 Å². The van der Waals surface area contributed by atoms with Crippen LogP contribution in [0.1, 0.15) is 36.5 Å². The van der Waals surface area contributed by atoms with Gasteiger partial charge in [-0.25, -0.2) is 4.79 Å². The predicted octanol–water partition coefficient (Wildman–Crippen LogP) is 3.38. The maximum absolute atomic E-state index is 13.6. The number of carbonyl (C=O) groups excluding carboxylic acids is 2. The van der Waals surface area contributed by atoms with Gasteiger partial charge in [-0.1, -0.05) is 30.3 Å². The van der Waals surface area contributed by atoms with Crippen molar-refractivity contribution in [1.29, 1.82) is 5.26 Å². The topological polar surface area (TPSA) is 67.2 Å². The van der Waals surface area contributed by atoms with Crippen LogP contribution in [-0.2, 0) is 9.53 Å². The molecule has 1 atom stereocenters. The molecule has 4 nitrogen and oxygen atoms in total. The van der Waals surface area contributed by atoms with Gasteiger partial charge in [-0.05, 0) is 13.3 Å². The summed E-state index contributed by atoms with van der Waals surface area (Å²) >= 11 is 0.